The van der Waals surface area contributed by atoms with Gasteiger partial charge in [-0.15, -0.1) is 11.3 Å². The summed E-state index contributed by atoms with van der Waals surface area (Å²) in [6.45, 7) is 5.30. The van der Waals surface area contributed by atoms with Gasteiger partial charge < -0.3 is 15.2 Å². The van der Waals surface area contributed by atoms with Crippen molar-refractivity contribution in [2.45, 2.75) is 27.4 Å². The molecule has 0 unspecified atom stereocenters. The van der Waals surface area contributed by atoms with E-state index in [1.807, 2.05) is 26.0 Å². The number of hydrogen-bond donors (Lipinski definition) is 1. The molecule has 168 valence electrons. The number of anilines is 1. The van der Waals surface area contributed by atoms with Crippen molar-refractivity contribution in [2.24, 2.45) is 0 Å². The zero-order valence-electron chi connectivity index (χ0n) is 18.4. The molecule has 0 amide bonds. The van der Waals surface area contributed by atoms with Gasteiger partial charge in [0.1, 0.15) is 22.6 Å². The summed E-state index contributed by atoms with van der Waals surface area (Å²) >= 11 is 0.904. The van der Waals surface area contributed by atoms with Gasteiger partial charge in [-0.25, -0.2) is 9.59 Å². The third-order valence-electron chi connectivity index (χ3n) is 5.12. The number of ether oxygens (including phenoxy) is 2. The van der Waals surface area contributed by atoms with Gasteiger partial charge in [-0.3, -0.25) is 4.79 Å². The van der Waals surface area contributed by atoms with Crippen LogP contribution < -0.4 is 5.73 Å². The Labute approximate surface area is 195 Å². The van der Waals surface area contributed by atoms with Crippen LogP contribution in [-0.2, 0) is 16.1 Å². The van der Waals surface area contributed by atoms with E-state index in [0.29, 0.717) is 5.56 Å². The second-order valence-corrected chi connectivity index (χ2v) is 8.28. The first-order valence-electron chi connectivity index (χ1n) is 10.1. The minimum Gasteiger partial charge on any atom is -0.462 e. The Hall–Kier alpha value is -3.96. The highest BCUT2D eigenvalue weighted by molar-refractivity contribution is 7.18. The van der Waals surface area contributed by atoms with Gasteiger partial charge >= 0.3 is 11.9 Å². The average molecular weight is 463 g/mol. The van der Waals surface area contributed by atoms with E-state index in [1.165, 1.54) is 6.07 Å². The molecule has 0 aliphatic carbocycles. The lowest BCUT2D eigenvalue weighted by atomic mass is 9.96. The molecule has 2 aromatic carbocycles. The lowest BCUT2D eigenvalue weighted by Gasteiger charge is -2.11. The molecule has 0 aliphatic heterocycles. The topological polar surface area (TPSA) is 119 Å². The van der Waals surface area contributed by atoms with Crippen LogP contribution in [0.3, 0.4) is 0 Å². The smallest absolute Gasteiger partial charge is 0.348 e. The van der Waals surface area contributed by atoms with Crippen LogP contribution in [0.15, 0.2) is 42.5 Å². The van der Waals surface area contributed by atoms with Crippen molar-refractivity contribution in [3.8, 4) is 6.07 Å². The van der Waals surface area contributed by atoms with Gasteiger partial charge in [0.05, 0.1) is 17.7 Å². The van der Waals surface area contributed by atoms with Crippen LogP contribution in [0.25, 0.3) is 0 Å². The van der Waals surface area contributed by atoms with E-state index in [0.717, 1.165) is 22.5 Å². The Bertz CT molecular complexity index is 1290. The summed E-state index contributed by atoms with van der Waals surface area (Å²) in [6, 6.07) is 13.6. The van der Waals surface area contributed by atoms with Crippen LogP contribution >= 0.6 is 11.3 Å². The minimum atomic E-state index is -0.758. The Morgan fingerprint density at radius 3 is 2.33 bits per heavy atom. The van der Waals surface area contributed by atoms with Crippen molar-refractivity contribution in [2.75, 3.05) is 12.3 Å². The Kier molecular flexibility index (Phi) is 7.26. The Morgan fingerprint density at radius 1 is 1.00 bits per heavy atom. The number of esters is 2. The molecule has 33 heavy (non-hydrogen) atoms. The van der Waals surface area contributed by atoms with Gasteiger partial charge in [0.25, 0.3) is 0 Å². The fourth-order valence-electron chi connectivity index (χ4n) is 3.22. The van der Waals surface area contributed by atoms with E-state index in [2.05, 4.69) is 0 Å². The molecule has 0 bridgehead atoms. The summed E-state index contributed by atoms with van der Waals surface area (Å²) in [5, 5.41) is 9.57. The van der Waals surface area contributed by atoms with Crippen molar-refractivity contribution in [1.29, 1.82) is 5.26 Å². The van der Waals surface area contributed by atoms with E-state index in [9.17, 15) is 19.6 Å². The van der Waals surface area contributed by atoms with E-state index in [4.69, 9.17) is 15.2 Å². The molecule has 0 fully saturated rings. The molecule has 7 nitrogen and oxygen atoms in total. The largest absolute Gasteiger partial charge is 0.462 e. The molecule has 8 heteroatoms. The molecule has 0 spiro atoms. The van der Waals surface area contributed by atoms with Gasteiger partial charge in [0, 0.05) is 16.7 Å². The lowest BCUT2D eigenvalue weighted by molar-refractivity contribution is 0.0451. The van der Waals surface area contributed by atoms with E-state index in [-0.39, 0.29) is 51.1 Å². The first-order valence-corrected chi connectivity index (χ1v) is 11.0. The van der Waals surface area contributed by atoms with Gasteiger partial charge in [-0.2, -0.15) is 5.26 Å². The van der Waals surface area contributed by atoms with Crippen LogP contribution in [-0.4, -0.2) is 24.3 Å². The summed E-state index contributed by atoms with van der Waals surface area (Å²) < 4.78 is 10.4. The third kappa shape index (κ3) is 4.94. The van der Waals surface area contributed by atoms with E-state index >= 15 is 0 Å². The van der Waals surface area contributed by atoms with Crippen LogP contribution in [0.5, 0.6) is 0 Å². The molecule has 3 rings (SSSR count). The molecular weight excluding hydrogens is 440 g/mol. The number of carbonyl (C=O) groups excluding carboxylic acids is 3. The minimum absolute atomic E-state index is 0.0651. The maximum atomic E-state index is 13.1. The summed E-state index contributed by atoms with van der Waals surface area (Å²) in [6.07, 6.45) is 0. The van der Waals surface area contributed by atoms with Crippen molar-refractivity contribution >= 4 is 34.1 Å². The fourth-order valence-corrected chi connectivity index (χ4v) is 4.14. The predicted molar refractivity (Wildman–Crippen MR) is 124 cm³/mol. The highest BCUT2D eigenvalue weighted by Gasteiger charge is 2.25. The molecule has 1 aromatic heterocycles. The van der Waals surface area contributed by atoms with Crippen LogP contribution in [0, 0.1) is 25.2 Å². The number of nitrogens with two attached hydrogens (primary N) is 1. The highest BCUT2D eigenvalue weighted by Crippen LogP contribution is 2.32. The van der Waals surface area contributed by atoms with Gasteiger partial charge in [-0.05, 0) is 44.0 Å². The lowest BCUT2D eigenvalue weighted by Crippen LogP contribution is -2.14. The first kappa shape index (κ1) is 23.7. The summed E-state index contributed by atoms with van der Waals surface area (Å²) in [7, 11) is 0. The zero-order valence-corrected chi connectivity index (χ0v) is 19.2. The number of nitrogen functional groups attached to an aromatic ring is 1. The summed E-state index contributed by atoms with van der Waals surface area (Å²) in [4.78, 5) is 38.4. The molecule has 1 heterocycles. The number of nitriles is 1. The first-order chi connectivity index (χ1) is 15.8. The molecule has 3 aromatic rings. The number of hydrogen-bond acceptors (Lipinski definition) is 8. The number of rotatable bonds is 7. The van der Waals surface area contributed by atoms with Crippen molar-refractivity contribution < 1.29 is 23.9 Å². The average Bonchev–Trinajstić information content (AvgIpc) is 3.14. The normalized spacial score (nSPS) is 10.4. The number of aryl methyl sites for hydroxylation is 2. The van der Waals surface area contributed by atoms with E-state index in [1.54, 1.807) is 37.3 Å². The zero-order chi connectivity index (χ0) is 24.1. The molecule has 2 N–H and O–H groups in total. The quantitative estimate of drug-likeness (QED) is 0.403. The Morgan fingerprint density at radius 2 is 1.70 bits per heavy atom. The van der Waals surface area contributed by atoms with Gasteiger partial charge in [0.2, 0.25) is 0 Å². The standard InChI is InChI=1S/C25H22N2O5S/c1-4-31-25(30)22-20(19(12-26)23(27)33-22)13-32-24(29)18-8-6-5-7-17(18)21(28)16-10-9-14(2)15(3)11-16/h5-11H,4,13,27H2,1-3H3. The number of ketones is 1. The van der Waals surface area contributed by atoms with Gasteiger partial charge in [0.15, 0.2) is 5.78 Å². The second-order valence-electron chi connectivity index (χ2n) is 7.23. The number of benzene rings is 2. The van der Waals surface area contributed by atoms with E-state index < -0.39 is 11.9 Å². The maximum Gasteiger partial charge on any atom is 0.348 e. The number of thiophene rings is 1. The molecule has 0 radical (unpaired) electrons. The SMILES string of the molecule is CCOC(=O)c1sc(N)c(C#N)c1COC(=O)c1ccccc1C(=O)c1ccc(C)c(C)c1. The van der Waals surface area contributed by atoms with Crippen molar-refractivity contribution in [1.82, 2.24) is 0 Å². The molecule has 0 aliphatic rings. The maximum absolute atomic E-state index is 13.1. The fraction of sp³-hybridized carbons (Fsp3) is 0.200. The molecule has 0 atom stereocenters. The Balaban J connectivity index is 1.89. The van der Waals surface area contributed by atoms with Crippen LogP contribution in [0.1, 0.15) is 65.1 Å². The number of nitrogens with zero attached hydrogens (tertiary/aromatic N) is 1. The molecular formula is C25H22N2O5S. The monoisotopic (exact) mass is 462 g/mol. The van der Waals surface area contributed by atoms with Crippen LogP contribution in [0.4, 0.5) is 5.00 Å². The number of carbonyl (C=O) groups is 3. The summed E-state index contributed by atoms with van der Waals surface area (Å²) in [5.41, 5.74) is 8.87. The predicted octanol–water partition coefficient (Wildman–Crippen LogP) is 4.58. The highest BCUT2D eigenvalue weighted by atomic mass is 32.1. The third-order valence-corrected chi connectivity index (χ3v) is 6.16. The molecule has 0 saturated carbocycles. The van der Waals surface area contributed by atoms with Crippen molar-refractivity contribution in [3.05, 3.63) is 86.3 Å². The van der Waals surface area contributed by atoms with Gasteiger partial charge in [-0.1, -0.05) is 30.3 Å². The van der Waals surface area contributed by atoms with Crippen LogP contribution in [0.2, 0.25) is 0 Å². The second kappa shape index (κ2) is 10.1. The van der Waals surface area contributed by atoms with Crippen molar-refractivity contribution in [3.63, 3.8) is 0 Å². The molecule has 0 saturated heterocycles. The summed E-state index contributed by atoms with van der Waals surface area (Å²) in [5.74, 6) is -1.71.